The maximum absolute atomic E-state index is 11.4. The fraction of sp³-hybridized carbons (Fsp3) is 0.917. The highest BCUT2D eigenvalue weighted by Crippen LogP contribution is 2.13. The van der Waals surface area contributed by atoms with E-state index in [-0.39, 0.29) is 11.4 Å². The predicted octanol–water partition coefficient (Wildman–Crippen LogP) is 1.69. The molecule has 16 heavy (non-hydrogen) atoms. The lowest BCUT2D eigenvalue weighted by Crippen LogP contribution is -2.45. The Morgan fingerprint density at radius 1 is 1.19 bits per heavy atom. The van der Waals surface area contributed by atoms with Gasteiger partial charge in [-0.15, -0.1) is 0 Å². The quantitative estimate of drug-likeness (QED) is 0.626. The van der Waals surface area contributed by atoms with Gasteiger partial charge in [0.2, 0.25) is 5.91 Å². The number of nitrogens with zero attached hydrogens (tertiary/aromatic N) is 1. The maximum Gasteiger partial charge on any atom is 0.219 e. The van der Waals surface area contributed by atoms with Crippen LogP contribution in [0.5, 0.6) is 0 Å². The zero-order chi connectivity index (χ0) is 12.6. The van der Waals surface area contributed by atoms with Crippen molar-refractivity contribution in [1.82, 2.24) is 4.90 Å². The van der Waals surface area contributed by atoms with Gasteiger partial charge in [0, 0.05) is 32.7 Å². The van der Waals surface area contributed by atoms with E-state index in [0.29, 0.717) is 19.8 Å². The highest BCUT2D eigenvalue weighted by Gasteiger charge is 2.22. The summed E-state index contributed by atoms with van der Waals surface area (Å²) < 4.78 is 10.2. The third-order valence-corrected chi connectivity index (χ3v) is 2.29. The molecule has 0 fully saturated rings. The molecule has 0 atom stereocenters. The fourth-order valence-corrected chi connectivity index (χ4v) is 1.53. The van der Waals surface area contributed by atoms with Gasteiger partial charge in [0.15, 0.2) is 0 Å². The number of methoxy groups -OCH3 is 1. The Morgan fingerprint density at radius 2 is 1.81 bits per heavy atom. The smallest absolute Gasteiger partial charge is 0.219 e. The van der Waals surface area contributed by atoms with Gasteiger partial charge < -0.3 is 14.4 Å². The third kappa shape index (κ3) is 6.80. The summed E-state index contributed by atoms with van der Waals surface area (Å²) in [5.74, 6) is 0.115. The SMILES string of the molecule is COCCOCCCN(C(C)=O)C(C)(C)C. The Kier molecular flexibility index (Phi) is 7.34. The fourth-order valence-electron chi connectivity index (χ4n) is 1.53. The second kappa shape index (κ2) is 7.63. The van der Waals surface area contributed by atoms with E-state index in [1.165, 1.54) is 0 Å². The van der Waals surface area contributed by atoms with Gasteiger partial charge in [-0.2, -0.15) is 0 Å². The molecule has 0 rings (SSSR count). The van der Waals surface area contributed by atoms with Gasteiger partial charge >= 0.3 is 0 Å². The number of rotatable bonds is 7. The lowest BCUT2D eigenvalue weighted by atomic mass is 10.1. The molecule has 1 amide bonds. The van der Waals surface area contributed by atoms with Crippen molar-refractivity contribution in [3.8, 4) is 0 Å². The van der Waals surface area contributed by atoms with Crippen LogP contribution in [0, 0.1) is 0 Å². The first-order chi connectivity index (χ1) is 7.39. The first-order valence-electron chi connectivity index (χ1n) is 5.74. The van der Waals surface area contributed by atoms with Crippen LogP contribution in [0.4, 0.5) is 0 Å². The molecule has 0 unspecified atom stereocenters. The van der Waals surface area contributed by atoms with Gasteiger partial charge in [-0.1, -0.05) is 0 Å². The van der Waals surface area contributed by atoms with E-state index in [9.17, 15) is 4.79 Å². The number of amides is 1. The van der Waals surface area contributed by atoms with Gasteiger partial charge in [-0.05, 0) is 27.2 Å². The Morgan fingerprint density at radius 3 is 2.25 bits per heavy atom. The molecular weight excluding hydrogens is 206 g/mol. The second-order valence-corrected chi connectivity index (χ2v) is 4.80. The highest BCUT2D eigenvalue weighted by molar-refractivity contribution is 5.74. The molecule has 0 aliphatic carbocycles. The predicted molar refractivity (Wildman–Crippen MR) is 64.5 cm³/mol. The van der Waals surface area contributed by atoms with E-state index in [0.717, 1.165) is 13.0 Å². The summed E-state index contributed by atoms with van der Waals surface area (Å²) in [6.45, 7) is 10.4. The van der Waals surface area contributed by atoms with Crippen LogP contribution in [0.2, 0.25) is 0 Å². The normalized spacial score (nSPS) is 11.6. The molecule has 4 nitrogen and oxygen atoms in total. The van der Waals surface area contributed by atoms with Crippen LogP contribution in [-0.4, -0.2) is 49.8 Å². The zero-order valence-electron chi connectivity index (χ0n) is 11.2. The van der Waals surface area contributed by atoms with Crippen LogP contribution in [0.1, 0.15) is 34.1 Å². The van der Waals surface area contributed by atoms with Gasteiger partial charge in [-0.25, -0.2) is 0 Å². The van der Waals surface area contributed by atoms with Crippen molar-refractivity contribution in [3.63, 3.8) is 0 Å². The zero-order valence-corrected chi connectivity index (χ0v) is 11.2. The molecule has 0 aromatic rings. The summed E-state index contributed by atoms with van der Waals surface area (Å²) >= 11 is 0. The molecule has 0 bridgehead atoms. The van der Waals surface area contributed by atoms with Gasteiger partial charge in [0.25, 0.3) is 0 Å². The molecule has 0 heterocycles. The van der Waals surface area contributed by atoms with E-state index in [1.807, 2.05) is 25.7 Å². The summed E-state index contributed by atoms with van der Waals surface area (Å²) in [7, 11) is 1.65. The standard InChI is InChI=1S/C12H25NO3/c1-11(14)13(12(2,3)4)7-6-8-16-10-9-15-5/h6-10H2,1-5H3. The van der Waals surface area contributed by atoms with Gasteiger partial charge in [0.05, 0.1) is 13.2 Å². The summed E-state index contributed by atoms with van der Waals surface area (Å²) in [6.07, 6.45) is 0.862. The topological polar surface area (TPSA) is 38.8 Å². The number of hydrogen-bond donors (Lipinski definition) is 0. The number of ether oxygens (including phenoxy) is 2. The van der Waals surface area contributed by atoms with E-state index in [2.05, 4.69) is 0 Å². The lowest BCUT2D eigenvalue weighted by Gasteiger charge is -2.35. The Balaban J connectivity index is 3.75. The lowest BCUT2D eigenvalue weighted by molar-refractivity contribution is -0.133. The molecular formula is C12H25NO3. The van der Waals surface area contributed by atoms with Crippen molar-refractivity contribution in [2.24, 2.45) is 0 Å². The summed E-state index contributed by atoms with van der Waals surface area (Å²) in [6, 6.07) is 0. The van der Waals surface area contributed by atoms with Crippen molar-refractivity contribution in [1.29, 1.82) is 0 Å². The van der Waals surface area contributed by atoms with Crippen LogP contribution in [0.15, 0.2) is 0 Å². The average molecular weight is 231 g/mol. The van der Waals surface area contributed by atoms with E-state index in [1.54, 1.807) is 14.0 Å². The summed E-state index contributed by atoms with van der Waals surface area (Å²) in [4.78, 5) is 13.3. The van der Waals surface area contributed by atoms with E-state index in [4.69, 9.17) is 9.47 Å². The molecule has 96 valence electrons. The van der Waals surface area contributed by atoms with E-state index >= 15 is 0 Å². The van der Waals surface area contributed by atoms with Crippen molar-refractivity contribution < 1.29 is 14.3 Å². The monoisotopic (exact) mass is 231 g/mol. The molecule has 0 N–H and O–H groups in total. The first kappa shape index (κ1) is 15.4. The maximum atomic E-state index is 11.4. The van der Waals surface area contributed by atoms with Crippen LogP contribution in [0.3, 0.4) is 0 Å². The molecule has 0 radical (unpaired) electrons. The van der Waals surface area contributed by atoms with Crippen LogP contribution >= 0.6 is 0 Å². The van der Waals surface area contributed by atoms with Crippen LogP contribution in [0.25, 0.3) is 0 Å². The third-order valence-electron chi connectivity index (χ3n) is 2.29. The van der Waals surface area contributed by atoms with Crippen molar-refractivity contribution in [2.45, 2.75) is 39.7 Å². The molecule has 0 aliphatic heterocycles. The minimum atomic E-state index is -0.113. The highest BCUT2D eigenvalue weighted by atomic mass is 16.5. The minimum absolute atomic E-state index is 0.113. The van der Waals surface area contributed by atoms with Gasteiger partial charge in [0.1, 0.15) is 0 Å². The molecule has 0 spiro atoms. The number of hydrogen-bond acceptors (Lipinski definition) is 3. The number of carbonyl (C=O) groups excluding carboxylic acids is 1. The number of carbonyl (C=O) groups is 1. The Hall–Kier alpha value is -0.610. The molecule has 0 saturated heterocycles. The van der Waals surface area contributed by atoms with Crippen LogP contribution < -0.4 is 0 Å². The molecule has 0 aromatic heterocycles. The molecule has 0 aromatic carbocycles. The molecule has 4 heteroatoms. The Labute approximate surface area is 98.9 Å². The van der Waals surface area contributed by atoms with Crippen LogP contribution in [-0.2, 0) is 14.3 Å². The summed E-state index contributed by atoms with van der Waals surface area (Å²) in [5, 5.41) is 0. The minimum Gasteiger partial charge on any atom is -0.382 e. The largest absolute Gasteiger partial charge is 0.382 e. The first-order valence-corrected chi connectivity index (χ1v) is 5.74. The second-order valence-electron chi connectivity index (χ2n) is 4.80. The van der Waals surface area contributed by atoms with Gasteiger partial charge in [-0.3, -0.25) is 4.79 Å². The van der Waals surface area contributed by atoms with Crippen molar-refractivity contribution in [3.05, 3.63) is 0 Å². The summed E-state index contributed by atoms with van der Waals surface area (Å²) in [5.41, 5.74) is -0.113. The van der Waals surface area contributed by atoms with Crippen molar-refractivity contribution >= 4 is 5.91 Å². The molecule has 0 aliphatic rings. The Bertz CT molecular complexity index is 199. The molecule has 0 saturated carbocycles. The van der Waals surface area contributed by atoms with Crippen molar-refractivity contribution in [2.75, 3.05) is 33.5 Å². The van der Waals surface area contributed by atoms with E-state index < -0.39 is 0 Å². The average Bonchev–Trinajstić information content (AvgIpc) is 2.13.